The molecule has 2 aromatic carbocycles. The van der Waals surface area contributed by atoms with E-state index in [0.717, 1.165) is 6.42 Å². The summed E-state index contributed by atoms with van der Waals surface area (Å²) in [5, 5.41) is 0. The second kappa shape index (κ2) is 14.6. The smallest absolute Gasteiger partial charge is 1.00 e. The molecule has 37 heavy (non-hydrogen) atoms. The van der Waals surface area contributed by atoms with E-state index < -0.39 is 0 Å². The van der Waals surface area contributed by atoms with E-state index in [4.69, 9.17) is 0 Å². The van der Waals surface area contributed by atoms with Crippen LogP contribution in [0.4, 0.5) is 0 Å². The quantitative estimate of drug-likeness (QED) is 0.368. The van der Waals surface area contributed by atoms with Crippen LogP contribution < -0.4 is 24.8 Å². The number of fused-ring (bicyclic) bond motifs is 3. The fraction of sp³-hybridized carbons (Fsp3) is 0.500. The Labute approximate surface area is 256 Å². The first-order chi connectivity index (χ1) is 16.0. The number of allylic oxidation sites excluding steroid dienone is 4. The Bertz CT molecular complexity index is 1060. The number of halogens is 2. The molecule has 0 amide bonds. The fourth-order valence-corrected chi connectivity index (χ4v) is 4.51. The van der Waals surface area contributed by atoms with Gasteiger partial charge < -0.3 is 24.8 Å². The van der Waals surface area contributed by atoms with Crippen LogP contribution >= 0.6 is 0 Å². The minimum absolute atomic E-state index is 0. The molecule has 0 fully saturated rings. The molecule has 2 aliphatic carbocycles. The van der Waals surface area contributed by atoms with E-state index in [1.807, 2.05) is 0 Å². The number of rotatable bonds is 1. The van der Waals surface area contributed by atoms with Gasteiger partial charge in [0, 0.05) is 0 Å². The molecular formula is C34H46Cl2Zr-2. The van der Waals surface area contributed by atoms with Crippen LogP contribution in [0.25, 0.3) is 11.1 Å². The third kappa shape index (κ3) is 10.4. The van der Waals surface area contributed by atoms with Crippen molar-refractivity contribution in [3.63, 3.8) is 0 Å². The second-order valence-corrected chi connectivity index (χ2v) is 15.1. The van der Waals surface area contributed by atoms with Crippen molar-refractivity contribution < 1.29 is 49.0 Å². The minimum Gasteiger partial charge on any atom is -1.00 e. The van der Waals surface area contributed by atoms with Gasteiger partial charge in [-0.25, -0.2) is 5.57 Å². The zero-order valence-electron chi connectivity index (χ0n) is 25.1. The van der Waals surface area contributed by atoms with E-state index in [2.05, 4.69) is 132 Å². The molecule has 1 atom stereocenters. The Morgan fingerprint density at radius 3 is 1.86 bits per heavy atom. The van der Waals surface area contributed by atoms with Gasteiger partial charge in [0.2, 0.25) is 0 Å². The summed E-state index contributed by atoms with van der Waals surface area (Å²) in [5.41, 5.74) is 11.5. The maximum atomic E-state index is 3.67. The van der Waals surface area contributed by atoms with Crippen LogP contribution in [-0.2, 0) is 41.5 Å². The van der Waals surface area contributed by atoms with Crippen LogP contribution in [0.2, 0.25) is 0 Å². The number of benzene rings is 2. The molecule has 0 spiro atoms. The van der Waals surface area contributed by atoms with Gasteiger partial charge in [-0.3, -0.25) is 6.08 Å². The summed E-state index contributed by atoms with van der Waals surface area (Å²) in [4.78, 5) is 0. The molecule has 0 radical (unpaired) electrons. The summed E-state index contributed by atoms with van der Waals surface area (Å²) in [6.45, 7) is 26.6. The van der Waals surface area contributed by atoms with Crippen LogP contribution in [0.5, 0.6) is 0 Å². The normalized spacial score (nSPS) is 15.5. The molecular weight excluding hydrogens is 571 g/mol. The van der Waals surface area contributed by atoms with Crippen LogP contribution in [-0.4, -0.2) is 3.21 Å². The van der Waals surface area contributed by atoms with Crippen molar-refractivity contribution in [1.82, 2.24) is 0 Å². The van der Waals surface area contributed by atoms with E-state index in [9.17, 15) is 0 Å². The second-order valence-electron chi connectivity index (χ2n) is 12.6. The Kier molecular flexibility index (Phi) is 14.3. The van der Waals surface area contributed by atoms with E-state index in [1.54, 1.807) is 24.2 Å². The van der Waals surface area contributed by atoms with Crippen LogP contribution in [0, 0.1) is 24.0 Å². The largest absolute Gasteiger partial charge is 1.00 e. The van der Waals surface area contributed by atoms with Crippen molar-refractivity contribution >= 4 is 3.21 Å². The molecule has 0 saturated heterocycles. The molecule has 4 rings (SSSR count). The van der Waals surface area contributed by atoms with Gasteiger partial charge >= 0.3 is 41.3 Å². The van der Waals surface area contributed by atoms with Gasteiger partial charge in [-0.2, -0.15) is 35.4 Å². The molecule has 0 aliphatic heterocycles. The average Bonchev–Trinajstić information content (AvgIpc) is 3.24. The average molecular weight is 617 g/mol. The summed E-state index contributed by atoms with van der Waals surface area (Å²) in [5.74, 6) is 1.20. The molecule has 0 N–H and O–H groups in total. The van der Waals surface area contributed by atoms with Gasteiger partial charge in [-0.1, -0.05) is 105 Å². The van der Waals surface area contributed by atoms with E-state index in [0.29, 0.717) is 11.8 Å². The summed E-state index contributed by atoms with van der Waals surface area (Å²) in [6, 6.07) is 15.2. The minimum atomic E-state index is 0. The van der Waals surface area contributed by atoms with E-state index in [1.165, 1.54) is 47.7 Å². The van der Waals surface area contributed by atoms with E-state index in [-0.39, 0.29) is 35.6 Å². The first-order valence-electron chi connectivity index (χ1n) is 13.0. The Morgan fingerprint density at radius 1 is 0.919 bits per heavy atom. The van der Waals surface area contributed by atoms with Gasteiger partial charge in [0.15, 0.2) is 0 Å². The Hall–Kier alpha value is -0.747. The Morgan fingerprint density at radius 2 is 1.46 bits per heavy atom. The van der Waals surface area contributed by atoms with Crippen molar-refractivity contribution in [2.24, 2.45) is 11.8 Å². The predicted molar refractivity (Wildman–Crippen MR) is 152 cm³/mol. The summed E-state index contributed by atoms with van der Waals surface area (Å²) >= 11 is 1.55. The molecule has 1 unspecified atom stereocenters. The molecule has 202 valence electrons. The van der Waals surface area contributed by atoms with Crippen molar-refractivity contribution in [2.75, 3.05) is 0 Å². The van der Waals surface area contributed by atoms with Crippen LogP contribution in [0.1, 0.15) is 105 Å². The summed E-state index contributed by atoms with van der Waals surface area (Å²) in [7, 11) is 0. The standard InChI is InChI=1S/C21H25.C10H15.C3H6.2ClH.Zr/c1-20(2,3)16-7-9-18-14(12-16)11-15-13-17(21(4,5)6)8-10-19(15)18;1-7(2)10-6-8(3)5-9(10)4;1-3-2;;;/h7-10,12H,11H2,1-6H3;6-8H,1-4H3;1-2H3;2*1H;/q2*-1;;;;+2/p-2. The number of hydrogen-bond acceptors (Lipinski definition) is 0. The predicted octanol–water partition coefficient (Wildman–Crippen LogP) is 3.37. The topological polar surface area (TPSA) is 0 Å². The zero-order valence-corrected chi connectivity index (χ0v) is 29.1. The SMILES string of the molecule is CC(C)(C)c1[c-]c2c(cc1)-c1ccc(C(C)(C)C)cc1C2.CC1=[C-]C(C)C=C1C(C)C.C[C](C)=[Zr+2].[Cl-].[Cl-]. The molecule has 2 aliphatic rings. The number of hydrogen-bond donors (Lipinski definition) is 0. The maximum absolute atomic E-state index is 3.67. The first-order valence-corrected chi connectivity index (χ1v) is 14.3. The third-order valence-corrected chi connectivity index (χ3v) is 6.39. The summed E-state index contributed by atoms with van der Waals surface area (Å²) < 4.78 is 1.51. The molecule has 0 heterocycles. The molecule has 0 saturated carbocycles. The third-order valence-electron chi connectivity index (χ3n) is 6.39. The molecule has 0 nitrogen and oxygen atoms in total. The van der Waals surface area contributed by atoms with Gasteiger partial charge in [-0.05, 0) is 28.4 Å². The summed E-state index contributed by atoms with van der Waals surface area (Å²) in [6.07, 6.45) is 6.70. The van der Waals surface area contributed by atoms with Crippen molar-refractivity contribution in [3.8, 4) is 11.1 Å². The van der Waals surface area contributed by atoms with Gasteiger partial charge in [0.05, 0.1) is 0 Å². The zero-order chi connectivity index (χ0) is 26.7. The maximum Gasteiger partial charge on any atom is -1.00 e. The van der Waals surface area contributed by atoms with Crippen molar-refractivity contribution in [3.05, 3.63) is 82.0 Å². The monoisotopic (exact) mass is 614 g/mol. The van der Waals surface area contributed by atoms with Gasteiger partial charge in [0.1, 0.15) is 0 Å². The van der Waals surface area contributed by atoms with Gasteiger partial charge in [0.25, 0.3) is 0 Å². The van der Waals surface area contributed by atoms with Gasteiger partial charge in [-0.15, -0.1) is 11.1 Å². The van der Waals surface area contributed by atoms with E-state index >= 15 is 0 Å². The van der Waals surface area contributed by atoms with Crippen molar-refractivity contribution in [1.29, 1.82) is 0 Å². The molecule has 0 bridgehead atoms. The van der Waals surface area contributed by atoms with Crippen LogP contribution in [0.15, 0.2) is 47.6 Å². The molecule has 3 heteroatoms. The molecule has 0 aromatic heterocycles. The molecule has 2 aromatic rings. The van der Waals surface area contributed by atoms with Crippen molar-refractivity contribution in [2.45, 2.75) is 100 Å². The fourth-order valence-electron chi connectivity index (χ4n) is 4.51. The first kappa shape index (κ1) is 36.3. The Balaban J connectivity index is 0.000000684. The van der Waals surface area contributed by atoms with Crippen LogP contribution in [0.3, 0.4) is 0 Å².